The summed E-state index contributed by atoms with van der Waals surface area (Å²) in [5.74, 6) is 1.97. The van der Waals surface area contributed by atoms with Gasteiger partial charge in [-0.2, -0.15) is 0 Å². The van der Waals surface area contributed by atoms with Gasteiger partial charge < -0.3 is 10.2 Å². The minimum Gasteiger partial charge on any atom is -0.342 e. The van der Waals surface area contributed by atoms with Gasteiger partial charge in [-0.1, -0.05) is 36.8 Å². The molecule has 3 nitrogen and oxygen atoms in total. The molecule has 1 aliphatic carbocycles. The number of nitrogens with one attached hydrogen (secondary N) is 1. The number of likely N-dealkylation sites (tertiary alicyclic amines) is 1. The van der Waals surface area contributed by atoms with Gasteiger partial charge in [-0.3, -0.25) is 4.79 Å². The topological polar surface area (TPSA) is 32.3 Å². The average molecular weight is 298 g/mol. The lowest BCUT2D eigenvalue weighted by atomic mass is 9.63. The van der Waals surface area contributed by atoms with Crippen LogP contribution in [0, 0.1) is 11.8 Å². The predicted octanol–water partition coefficient (Wildman–Crippen LogP) is 2.57. The van der Waals surface area contributed by atoms with Gasteiger partial charge >= 0.3 is 0 Å². The van der Waals surface area contributed by atoms with Crippen molar-refractivity contribution in [2.75, 3.05) is 26.2 Å². The Bertz CT molecular complexity index is 524. The summed E-state index contributed by atoms with van der Waals surface area (Å²) in [4.78, 5) is 15.5. The third-order valence-corrected chi connectivity index (χ3v) is 6.25. The zero-order valence-corrected chi connectivity index (χ0v) is 13.3. The van der Waals surface area contributed by atoms with Crippen molar-refractivity contribution in [3.8, 4) is 0 Å². The molecule has 22 heavy (non-hydrogen) atoms. The predicted molar refractivity (Wildman–Crippen MR) is 87.6 cm³/mol. The van der Waals surface area contributed by atoms with E-state index in [2.05, 4.69) is 34.5 Å². The molecule has 1 saturated carbocycles. The second-order valence-corrected chi connectivity index (χ2v) is 7.35. The van der Waals surface area contributed by atoms with Crippen molar-refractivity contribution in [2.45, 2.75) is 37.5 Å². The molecule has 0 aromatic heterocycles. The third-order valence-electron chi connectivity index (χ3n) is 6.25. The van der Waals surface area contributed by atoms with Crippen LogP contribution >= 0.6 is 0 Å². The average Bonchev–Trinajstić information content (AvgIpc) is 2.86. The van der Waals surface area contributed by atoms with Crippen molar-refractivity contribution in [2.24, 2.45) is 11.8 Å². The highest BCUT2D eigenvalue weighted by Crippen LogP contribution is 2.45. The van der Waals surface area contributed by atoms with Gasteiger partial charge in [0, 0.05) is 13.1 Å². The van der Waals surface area contributed by atoms with Crippen LogP contribution in [0.25, 0.3) is 0 Å². The van der Waals surface area contributed by atoms with E-state index in [1.165, 1.54) is 24.8 Å². The Kier molecular flexibility index (Phi) is 3.69. The molecule has 1 amide bonds. The Morgan fingerprint density at radius 3 is 2.23 bits per heavy atom. The molecule has 3 fully saturated rings. The van der Waals surface area contributed by atoms with Gasteiger partial charge in [0.05, 0.1) is 5.41 Å². The van der Waals surface area contributed by atoms with Crippen LogP contribution in [0.1, 0.15) is 37.7 Å². The summed E-state index contributed by atoms with van der Waals surface area (Å²) in [5, 5.41) is 3.51. The fourth-order valence-corrected chi connectivity index (χ4v) is 4.64. The summed E-state index contributed by atoms with van der Waals surface area (Å²) in [6, 6.07) is 10.5. The van der Waals surface area contributed by atoms with Crippen LogP contribution in [0.5, 0.6) is 0 Å². The van der Waals surface area contributed by atoms with Gasteiger partial charge in [-0.05, 0) is 56.2 Å². The third kappa shape index (κ3) is 2.26. The molecule has 0 bridgehead atoms. The van der Waals surface area contributed by atoms with Crippen molar-refractivity contribution in [3.05, 3.63) is 35.9 Å². The minimum atomic E-state index is -0.209. The maximum Gasteiger partial charge on any atom is 0.233 e. The summed E-state index contributed by atoms with van der Waals surface area (Å²) >= 11 is 0. The second-order valence-electron chi connectivity index (χ2n) is 7.35. The molecule has 2 saturated heterocycles. The first-order valence-corrected chi connectivity index (χ1v) is 8.85. The molecule has 2 aliphatic heterocycles. The van der Waals surface area contributed by atoms with Crippen LogP contribution in [0.2, 0.25) is 0 Å². The molecule has 1 aromatic rings. The standard InChI is InChI=1S/C19H26N2O/c22-18(19(9-4-10-19)17-5-2-1-3-6-17)21-11-7-15-13-20-14-16(15)8-12-21/h1-3,5-6,15-16,20H,4,7-14H2/t15-,16+. The Labute approximate surface area is 133 Å². The fourth-order valence-electron chi connectivity index (χ4n) is 4.64. The van der Waals surface area contributed by atoms with Gasteiger partial charge in [0.2, 0.25) is 5.91 Å². The zero-order valence-electron chi connectivity index (χ0n) is 13.3. The number of nitrogens with zero attached hydrogens (tertiary/aromatic N) is 1. The Hall–Kier alpha value is -1.35. The highest BCUT2D eigenvalue weighted by Gasteiger charge is 2.48. The number of rotatable bonds is 2. The molecule has 3 heteroatoms. The van der Waals surface area contributed by atoms with E-state index < -0.39 is 0 Å². The summed E-state index contributed by atoms with van der Waals surface area (Å²) < 4.78 is 0. The maximum absolute atomic E-state index is 13.3. The Balaban J connectivity index is 1.53. The van der Waals surface area contributed by atoms with Crippen LogP contribution in [0.4, 0.5) is 0 Å². The second kappa shape index (κ2) is 5.69. The van der Waals surface area contributed by atoms with Crippen LogP contribution in [0.15, 0.2) is 30.3 Å². The van der Waals surface area contributed by atoms with Crippen LogP contribution < -0.4 is 5.32 Å². The first-order valence-electron chi connectivity index (χ1n) is 8.85. The molecule has 0 radical (unpaired) electrons. The fraction of sp³-hybridized carbons (Fsp3) is 0.632. The Morgan fingerprint density at radius 2 is 1.68 bits per heavy atom. The number of hydrogen-bond acceptors (Lipinski definition) is 2. The molecule has 0 unspecified atom stereocenters. The smallest absolute Gasteiger partial charge is 0.233 e. The molecular weight excluding hydrogens is 272 g/mol. The van der Waals surface area contributed by atoms with E-state index in [4.69, 9.17) is 0 Å². The van der Waals surface area contributed by atoms with Gasteiger partial charge in [0.1, 0.15) is 0 Å². The SMILES string of the molecule is O=C(N1CC[C@@H]2CNC[C@@H]2CC1)C1(c2ccccc2)CCC1. The largest absolute Gasteiger partial charge is 0.342 e. The number of fused-ring (bicyclic) bond motifs is 1. The van der Waals surface area contributed by atoms with E-state index in [0.717, 1.165) is 50.9 Å². The van der Waals surface area contributed by atoms with Gasteiger partial charge in [0.25, 0.3) is 0 Å². The van der Waals surface area contributed by atoms with Crippen molar-refractivity contribution >= 4 is 5.91 Å². The van der Waals surface area contributed by atoms with Gasteiger partial charge in [0.15, 0.2) is 0 Å². The van der Waals surface area contributed by atoms with E-state index in [0.29, 0.717) is 5.91 Å². The molecule has 2 heterocycles. The molecule has 3 aliphatic rings. The lowest BCUT2D eigenvalue weighted by molar-refractivity contribution is -0.141. The van der Waals surface area contributed by atoms with Crippen LogP contribution in [-0.4, -0.2) is 37.0 Å². The summed E-state index contributed by atoms with van der Waals surface area (Å²) in [7, 11) is 0. The monoisotopic (exact) mass is 298 g/mol. The number of carbonyl (C=O) groups excluding carboxylic acids is 1. The number of hydrogen-bond donors (Lipinski definition) is 1. The van der Waals surface area contributed by atoms with Crippen molar-refractivity contribution in [3.63, 3.8) is 0 Å². The molecule has 1 aromatic carbocycles. The van der Waals surface area contributed by atoms with E-state index in [-0.39, 0.29) is 5.41 Å². The van der Waals surface area contributed by atoms with Crippen molar-refractivity contribution in [1.29, 1.82) is 0 Å². The molecule has 118 valence electrons. The minimum absolute atomic E-state index is 0.209. The number of benzene rings is 1. The van der Waals surface area contributed by atoms with Crippen LogP contribution in [-0.2, 0) is 10.2 Å². The van der Waals surface area contributed by atoms with Crippen molar-refractivity contribution in [1.82, 2.24) is 10.2 Å². The number of amides is 1. The molecule has 0 spiro atoms. The summed E-state index contributed by atoms with van der Waals surface area (Å²) in [6.45, 7) is 4.21. The van der Waals surface area contributed by atoms with E-state index in [1.54, 1.807) is 0 Å². The molecule has 4 rings (SSSR count). The van der Waals surface area contributed by atoms with Gasteiger partial charge in [-0.25, -0.2) is 0 Å². The summed E-state index contributed by atoms with van der Waals surface area (Å²) in [5.41, 5.74) is 1.02. The lowest BCUT2D eigenvalue weighted by Crippen LogP contribution is -2.51. The first kappa shape index (κ1) is 14.3. The first-order chi connectivity index (χ1) is 10.8. The number of carbonyl (C=O) groups is 1. The van der Waals surface area contributed by atoms with E-state index >= 15 is 0 Å². The zero-order chi connectivity index (χ0) is 15.0. The molecule has 2 atom stereocenters. The highest BCUT2D eigenvalue weighted by atomic mass is 16.2. The van der Waals surface area contributed by atoms with E-state index in [9.17, 15) is 4.79 Å². The normalized spacial score (nSPS) is 30.3. The Morgan fingerprint density at radius 1 is 1.05 bits per heavy atom. The molecule has 1 N–H and O–H groups in total. The van der Waals surface area contributed by atoms with E-state index in [1.807, 2.05) is 6.07 Å². The van der Waals surface area contributed by atoms with Crippen LogP contribution in [0.3, 0.4) is 0 Å². The maximum atomic E-state index is 13.3. The van der Waals surface area contributed by atoms with Crippen molar-refractivity contribution < 1.29 is 4.79 Å². The quantitative estimate of drug-likeness (QED) is 0.910. The molecular formula is C19H26N2O. The van der Waals surface area contributed by atoms with Gasteiger partial charge in [-0.15, -0.1) is 0 Å². The summed E-state index contributed by atoms with van der Waals surface area (Å²) in [6.07, 6.45) is 5.59. The highest BCUT2D eigenvalue weighted by molar-refractivity contribution is 5.89. The lowest BCUT2D eigenvalue weighted by Gasteiger charge is -2.44.